The normalized spacial score (nSPS) is 11.6. The molecule has 0 radical (unpaired) electrons. The molecule has 1 N–H and O–H groups in total. The Morgan fingerprint density at radius 1 is 1.40 bits per heavy atom. The molecule has 1 heterocycles. The Hall–Kier alpha value is -2.31. The van der Waals surface area contributed by atoms with Crippen LogP contribution in [0.4, 0.5) is 13.2 Å². The SMILES string of the molecule is CCn1cc(-c2cc(C(=O)O)ccc2C(F)(F)F)cn1. The first-order chi connectivity index (χ1) is 9.32. The van der Waals surface area contributed by atoms with E-state index in [4.69, 9.17) is 5.11 Å². The lowest BCUT2D eigenvalue weighted by Crippen LogP contribution is -2.08. The fourth-order valence-corrected chi connectivity index (χ4v) is 1.84. The molecule has 0 unspecified atom stereocenters. The number of aromatic carboxylic acids is 1. The lowest BCUT2D eigenvalue weighted by atomic mass is 9.99. The Morgan fingerprint density at radius 2 is 2.10 bits per heavy atom. The second-order valence-electron chi connectivity index (χ2n) is 4.15. The first-order valence-electron chi connectivity index (χ1n) is 5.80. The molecule has 1 aromatic heterocycles. The minimum Gasteiger partial charge on any atom is -0.478 e. The molecule has 0 atom stereocenters. The molecule has 0 fully saturated rings. The van der Waals surface area contributed by atoms with E-state index in [1.807, 2.05) is 0 Å². The molecule has 106 valence electrons. The predicted molar refractivity (Wildman–Crippen MR) is 65.3 cm³/mol. The number of alkyl halides is 3. The van der Waals surface area contributed by atoms with Crippen LogP contribution in [-0.2, 0) is 12.7 Å². The molecule has 1 aromatic carbocycles. The van der Waals surface area contributed by atoms with Crippen molar-refractivity contribution in [2.24, 2.45) is 0 Å². The zero-order chi connectivity index (χ0) is 14.9. The minimum absolute atomic E-state index is 0.183. The first-order valence-corrected chi connectivity index (χ1v) is 5.80. The average molecular weight is 284 g/mol. The molecule has 0 aliphatic heterocycles. The van der Waals surface area contributed by atoms with E-state index < -0.39 is 17.7 Å². The summed E-state index contributed by atoms with van der Waals surface area (Å²) in [6.07, 6.45) is -1.81. The topological polar surface area (TPSA) is 55.1 Å². The summed E-state index contributed by atoms with van der Waals surface area (Å²) < 4.78 is 40.4. The highest BCUT2D eigenvalue weighted by Gasteiger charge is 2.34. The molecule has 4 nitrogen and oxygen atoms in total. The second-order valence-corrected chi connectivity index (χ2v) is 4.15. The number of aryl methyl sites for hydroxylation is 1. The summed E-state index contributed by atoms with van der Waals surface area (Å²) in [7, 11) is 0. The Morgan fingerprint density at radius 3 is 2.60 bits per heavy atom. The molecule has 0 saturated heterocycles. The van der Waals surface area contributed by atoms with Gasteiger partial charge in [0.15, 0.2) is 0 Å². The number of hydrogen-bond donors (Lipinski definition) is 1. The van der Waals surface area contributed by atoms with Gasteiger partial charge in [-0.3, -0.25) is 4.68 Å². The van der Waals surface area contributed by atoms with Crippen LogP contribution in [0.2, 0.25) is 0 Å². The maximum atomic E-state index is 13.0. The zero-order valence-corrected chi connectivity index (χ0v) is 10.5. The Bertz CT molecular complexity index is 647. The summed E-state index contributed by atoms with van der Waals surface area (Å²) in [5, 5.41) is 12.8. The highest BCUT2D eigenvalue weighted by molar-refractivity contribution is 5.90. The highest BCUT2D eigenvalue weighted by atomic mass is 19.4. The summed E-state index contributed by atoms with van der Waals surface area (Å²) in [6.45, 7) is 2.31. The van der Waals surface area contributed by atoms with Gasteiger partial charge in [0, 0.05) is 18.3 Å². The smallest absolute Gasteiger partial charge is 0.417 e. The Labute approximate surface area is 112 Å². The van der Waals surface area contributed by atoms with Crippen LogP contribution in [0.3, 0.4) is 0 Å². The number of benzene rings is 1. The molecule has 0 bridgehead atoms. The van der Waals surface area contributed by atoms with Gasteiger partial charge >= 0.3 is 12.1 Å². The fraction of sp³-hybridized carbons (Fsp3) is 0.231. The number of carboxylic acids is 1. The molecule has 0 aliphatic rings. The van der Waals surface area contributed by atoms with Gasteiger partial charge in [-0.15, -0.1) is 0 Å². The van der Waals surface area contributed by atoms with Gasteiger partial charge in [-0.25, -0.2) is 4.79 Å². The molecule has 0 saturated carbocycles. The summed E-state index contributed by atoms with van der Waals surface area (Å²) in [6, 6.07) is 2.74. The largest absolute Gasteiger partial charge is 0.478 e. The van der Waals surface area contributed by atoms with Gasteiger partial charge < -0.3 is 5.11 Å². The lowest BCUT2D eigenvalue weighted by molar-refractivity contribution is -0.137. The molecule has 7 heteroatoms. The van der Waals surface area contributed by atoms with Gasteiger partial charge in [0.05, 0.1) is 17.3 Å². The fourth-order valence-electron chi connectivity index (χ4n) is 1.84. The number of hydrogen-bond acceptors (Lipinski definition) is 2. The highest BCUT2D eigenvalue weighted by Crippen LogP contribution is 2.37. The van der Waals surface area contributed by atoms with Crippen molar-refractivity contribution < 1.29 is 23.1 Å². The van der Waals surface area contributed by atoms with Crippen LogP contribution in [0.25, 0.3) is 11.1 Å². The quantitative estimate of drug-likeness (QED) is 0.941. The summed E-state index contributed by atoms with van der Waals surface area (Å²) >= 11 is 0. The standard InChI is InChI=1S/C13H11F3N2O2/c1-2-18-7-9(6-17-18)10-5-8(12(19)20)3-4-11(10)13(14,15)16/h3-7H,2H2,1H3,(H,19,20). The van der Waals surface area contributed by atoms with Crippen molar-refractivity contribution in [3.8, 4) is 11.1 Å². The van der Waals surface area contributed by atoms with Gasteiger partial charge in [-0.05, 0) is 30.7 Å². The van der Waals surface area contributed by atoms with Crippen molar-refractivity contribution >= 4 is 5.97 Å². The third-order valence-corrected chi connectivity index (χ3v) is 2.84. The van der Waals surface area contributed by atoms with Crippen LogP contribution in [0, 0.1) is 0 Å². The van der Waals surface area contributed by atoms with E-state index in [1.54, 1.807) is 6.92 Å². The maximum Gasteiger partial charge on any atom is 0.417 e. The van der Waals surface area contributed by atoms with Gasteiger partial charge in [0.2, 0.25) is 0 Å². The van der Waals surface area contributed by atoms with Crippen molar-refractivity contribution in [3.63, 3.8) is 0 Å². The number of rotatable bonds is 3. The molecule has 0 amide bonds. The van der Waals surface area contributed by atoms with Crippen LogP contribution in [0.5, 0.6) is 0 Å². The van der Waals surface area contributed by atoms with E-state index in [-0.39, 0.29) is 16.7 Å². The van der Waals surface area contributed by atoms with Crippen LogP contribution >= 0.6 is 0 Å². The number of carboxylic acid groups (broad SMARTS) is 1. The van der Waals surface area contributed by atoms with Crippen LogP contribution in [-0.4, -0.2) is 20.9 Å². The molecule has 2 aromatic rings. The Kier molecular flexibility index (Phi) is 3.52. The summed E-state index contributed by atoms with van der Waals surface area (Å²) in [5.41, 5.74) is -1.02. The molecular weight excluding hydrogens is 273 g/mol. The second kappa shape index (κ2) is 4.99. The molecule has 0 aliphatic carbocycles. The number of halogens is 3. The van der Waals surface area contributed by atoms with Crippen molar-refractivity contribution in [1.82, 2.24) is 9.78 Å². The van der Waals surface area contributed by atoms with Crippen molar-refractivity contribution in [1.29, 1.82) is 0 Å². The summed E-state index contributed by atoms with van der Waals surface area (Å²) in [4.78, 5) is 10.9. The van der Waals surface area contributed by atoms with Gasteiger partial charge in [-0.2, -0.15) is 18.3 Å². The van der Waals surface area contributed by atoms with Crippen molar-refractivity contribution in [2.75, 3.05) is 0 Å². The third kappa shape index (κ3) is 2.66. The van der Waals surface area contributed by atoms with Crippen molar-refractivity contribution in [3.05, 3.63) is 41.7 Å². The average Bonchev–Trinajstić information content (AvgIpc) is 2.85. The van der Waals surface area contributed by atoms with E-state index >= 15 is 0 Å². The molecule has 2 rings (SSSR count). The number of carbonyl (C=O) groups is 1. The number of aromatic nitrogens is 2. The van der Waals surface area contributed by atoms with Crippen molar-refractivity contribution in [2.45, 2.75) is 19.6 Å². The monoisotopic (exact) mass is 284 g/mol. The van der Waals surface area contributed by atoms with Gasteiger partial charge in [0.1, 0.15) is 0 Å². The van der Waals surface area contributed by atoms with E-state index in [9.17, 15) is 18.0 Å². The minimum atomic E-state index is -4.55. The third-order valence-electron chi connectivity index (χ3n) is 2.84. The van der Waals surface area contributed by atoms with Crippen LogP contribution in [0.1, 0.15) is 22.8 Å². The van der Waals surface area contributed by atoms with E-state index in [0.717, 1.165) is 18.2 Å². The predicted octanol–water partition coefficient (Wildman–Crippen LogP) is 3.29. The van der Waals surface area contributed by atoms with Gasteiger partial charge in [-0.1, -0.05) is 0 Å². The molecule has 20 heavy (non-hydrogen) atoms. The van der Waals surface area contributed by atoms with E-state index in [2.05, 4.69) is 5.10 Å². The van der Waals surface area contributed by atoms with Crippen LogP contribution in [0.15, 0.2) is 30.6 Å². The Balaban J connectivity index is 2.63. The maximum absolute atomic E-state index is 13.0. The van der Waals surface area contributed by atoms with E-state index in [1.165, 1.54) is 17.1 Å². The number of nitrogens with zero attached hydrogens (tertiary/aromatic N) is 2. The zero-order valence-electron chi connectivity index (χ0n) is 10.5. The molecular formula is C13H11F3N2O2. The first kappa shape index (κ1) is 14.1. The summed E-state index contributed by atoms with van der Waals surface area (Å²) in [5.74, 6) is -1.28. The van der Waals surface area contributed by atoms with Crippen LogP contribution < -0.4 is 0 Å². The van der Waals surface area contributed by atoms with E-state index in [0.29, 0.717) is 6.54 Å². The lowest BCUT2D eigenvalue weighted by Gasteiger charge is -2.12. The molecule has 0 spiro atoms. The van der Waals surface area contributed by atoms with Gasteiger partial charge in [0.25, 0.3) is 0 Å².